The third-order valence-electron chi connectivity index (χ3n) is 5.69. The van der Waals surface area contributed by atoms with Gasteiger partial charge in [0.2, 0.25) is 0 Å². The second kappa shape index (κ2) is 7.64. The third kappa shape index (κ3) is 3.41. The van der Waals surface area contributed by atoms with Crippen LogP contribution in [0.2, 0.25) is 0 Å². The maximum Gasteiger partial charge on any atom is 0.355 e. The summed E-state index contributed by atoms with van der Waals surface area (Å²) in [7, 11) is 1.29. The van der Waals surface area contributed by atoms with E-state index in [1.54, 1.807) is 6.92 Å². The molecule has 1 saturated carbocycles. The molecule has 1 aromatic heterocycles. The highest BCUT2D eigenvalue weighted by atomic mass is 16.5. The fraction of sp³-hybridized carbons (Fsp3) is 0.650. The summed E-state index contributed by atoms with van der Waals surface area (Å²) in [4.78, 5) is 40.6. The summed E-state index contributed by atoms with van der Waals surface area (Å²) in [6, 6.07) is 0. The first kappa shape index (κ1) is 18.7. The molecule has 1 heterocycles. The number of aromatic nitrogens is 1. The van der Waals surface area contributed by atoms with Crippen LogP contribution in [0.5, 0.6) is 0 Å². The number of H-pyrrole nitrogens is 1. The molecular formula is C20H27NO5. The van der Waals surface area contributed by atoms with Crippen LogP contribution in [0.1, 0.15) is 77.6 Å². The van der Waals surface area contributed by atoms with Gasteiger partial charge < -0.3 is 14.5 Å². The van der Waals surface area contributed by atoms with Crippen LogP contribution in [-0.2, 0) is 20.7 Å². The molecule has 2 atom stereocenters. The van der Waals surface area contributed by atoms with Gasteiger partial charge in [0.05, 0.1) is 7.11 Å². The van der Waals surface area contributed by atoms with Crippen LogP contribution in [0.25, 0.3) is 0 Å². The zero-order chi connectivity index (χ0) is 18.8. The van der Waals surface area contributed by atoms with E-state index in [0.717, 1.165) is 25.7 Å². The summed E-state index contributed by atoms with van der Waals surface area (Å²) in [5.41, 5.74) is 2.08. The van der Waals surface area contributed by atoms with Crippen molar-refractivity contribution < 1.29 is 23.9 Å². The van der Waals surface area contributed by atoms with E-state index in [0.29, 0.717) is 28.9 Å². The molecule has 3 rings (SSSR count). The Hall–Kier alpha value is -2.11. The highest BCUT2D eigenvalue weighted by molar-refractivity contribution is 6.12. The van der Waals surface area contributed by atoms with Gasteiger partial charge in [0.25, 0.3) is 0 Å². The van der Waals surface area contributed by atoms with Gasteiger partial charge in [0.15, 0.2) is 5.78 Å². The molecule has 1 fully saturated rings. The summed E-state index contributed by atoms with van der Waals surface area (Å²) in [5.74, 6) is -2.18. The molecule has 0 radical (unpaired) electrons. The summed E-state index contributed by atoms with van der Waals surface area (Å²) in [5, 5.41) is 0. The lowest BCUT2D eigenvalue weighted by atomic mass is 9.77. The fourth-order valence-corrected chi connectivity index (χ4v) is 4.24. The van der Waals surface area contributed by atoms with Crippen molar-refractivity contribution in [1.82, 2.24) is 4.98 Å². The van der Waals surface area contributed by atoms with Gasteiger partial charge in [-0.05, 0) is 50.5 Å². The molecule has 1 N–H and O–H groups in total. The number of Topliss-reactive ketones (excluding diaryl/α,β-unsaturated/α-hetero) is 1. The molecule has 2 aliphatic carbocycles. The minimum absolute atomic E-state index is 0.0535. The highest BCUT2D eigenvalue weighted by Gasteiger charge is 2.42. The Morgan fingerprint density at radius 2 is 1.77 bits per heavy atom. The quantitative estimate of drug-likeness (QED) is 0.507. The van der Waals surface area contributed by atoms with E-state index in [2.05, 4.69) is 4.98 Å². The largest absolute Gasteiger partial charge is 0.468 e. The Labute approximate surface area is 153 Å². The second-order valence-corrected chi connectivity index (χ2v) is 7.54. The topological polar surface area (TPSA) is 85.5 Å². The van der Waals surface area contributed by atoms with Crippen molar-refractivity contribution in [2.75, 3.05) is 7.11 Å². The number of hydrogen-bond donors (Lipinski definition) is 1. The maximum atomic E-state index is 12.8. The monoisotopic (exact) mass is 361 g/mol. The molecule has 26 heavy (non-hydrogen) atoms. The molecule has 1 aromatic rings. The van der Waals surface area contributed by atoms with E-state index in [9.17, 15) is 14.4 Å². The SMILES string of the molecule is COC(=O)[C@H]1C(=O)c2c([nH]c(C(=O)OC3CCCCCC3)c2C)C[C@H]1C. The average Bonchev–Trinajstić information content (AvgIpc) is 2.77. The van der Waals surface area contributed by atoms with E-state index in [-0.39, 0.29) is 17.8 Å². The third-order valence-corrected chi connectivity index (χ3v) is 5.69. The van der Waals surface area contributed by atoms with Crippen LogP contribution in [-0.4, -0.2) is 35.9 Å². The molecule has 0 spiro atoms. The van der Waals surface area contributed by atoms with Crippen LogP contribution in [0.3, 0.4) is 0 Å². The molecule has 0 aliphatic heterocycles. The molecule has 6 heteroatoms. The number of fused-ring (bicyclic) bond motifs is 1. The van der Waals surface area contributed by atoms with Gasteiger partial charge in [0.1, 0.15) is 17.7 Å². The standard InChI is InChI=1S/C20H27NO5/c1-11-10-14-16(18(22)15(11)19(23)25-3)12(2)17(21-14)20(24)26-13-8-6-4-5-7-9-13/h11,13,15,21H,4-10H2,1-3H3/t11-,15-/m1/s1. The average molecular weight is 361 g/mol. The number of carbonyl (C=O) groups is 3. The maximum absolute atomic E-state index is 12.8. The molecule has 0 amide bonds. The number of carbonyl (C=O) groups excluding carboxylic acids is 3. The van der Waals surface area contributed by atoms with Crippen molar-refractivity contribution in [2.24, 2.45) is 11.8 Å². The summed E-state index contributed by atoms with van der Waals surface area (Å²) < 4.78 is 10.5. The van der Waals surface area contributed by atoms with Crippen molar-refractivity contribution in [3.8, 4) is 0 Å². The van der Waals surface area contributed by atoms with Crippen LogP contribution in [0.15, 0.2) is 0 Å². The minimum atomic E-state index is -0.812. The molecule has 0 saturated heterocycles. The molecule has 6 nitrogen and oxygen atoms in total. The number of rotatable bonds is 3. The van der Waals surface area contributed by atoms with Crippen LogP contribution < -0.4 is 0 Å². The molecular weight excluding hydrogens is 334 g/mol. The van der Waals surface area contributed by atoms with Crippen LogP contribution in [0, 0.1) is 18.8 Å². The first-order valence-electron chi connectivity index (χ1n) is 9.48. The number of hydrogen-bond acceptors (Lipinski definition) is 5. The summed E-state index contributed by atoms with van der Waals surface area (Å²) in [6.07, 6.45) is 6.79. The Morgan fingerprint density at radius 1 is 1.12 bits per heavy atom. The van der Waals surface area contributed by atoms with Crippen molar-refractivity contribution in [2.45, 2.75) is 64.9 Å². The lowest BCUT2D eigenvalue weighted by Gasteiger charge is -2.25. The minimum Gasteiger partial charge on any atom is -0.468 e. The Morgan fingerprint density at radius 3 is 2.38 bits per heavy atom. The van der Waals surface area contributed by atoms with Gasteiger partial charge in [0, 0.05) is 11.3 Å². The van der Waals surface area contributed by atoms with E-state index in [1.807, 2.05) is 6.92 Å². The zero-order valence-electron chi connectivity index (χ0n) is 15.7. The zero-order valence-corrected chi connectivity index (χ0v) is 15.7. The fourth-order valence-electron chi connectivity index (χ4n) is 4.24. The Balaban J connectivity index is 1.83. The van der Waals surface area contributed by atoms with Gasteiger partial charge in [-0.3, -0.25) is 9.59 Å². The van der Waals surface area contributed by atoms with Crippen molar-refractivity contribution in [1.29, 1.82) is 0 Å². The predicted octanol–water partition coefficient (Wildman–Crippen LogP) is 3.37. The smallest absolute Gasteiger partial charge is 0.355 e. The number of nitrogens with one attached hydrogen (secondary N) is 1. The van der Waals surface area contributed by atoms with E-state index < -0.39 is 17.9 Å². The molecule has 0 bridgehead atoms. The van der Waals surface area contributed by atoms with Gasteiger partial charge in [-0.2, -0.15) is 0 Å². The van der Waals surface area contributed by atoms with Crippen LogP contribution in [0.4, 0.5) is 0 Å². The van der Waals surface area contributed by atoms with Crippen molar-refractivity contribution >= 4 is 17.7 Å². The lowest BCUT2D eigenvalue weighted by molar-refractivity contribution is -0.145. The van der Waals surface area contributed by atoms with Gasteiger partial charge in [-0.1, -0.05) is 19.8 Å². The molecule has 2 aliphatic rings. The van der Waals surface area contributed by atoms with Crippen molar-refractivity contribution in [3.63, 3.8) is 0 Å². The Kier molecular flexibility index (Phi) is 5.49. The van der Waals surface area contributed by atoms with Gasteiger partial charge in [-0.25, -0.2) is 4.79 Å². The molecule has 142 valence electrons. The van der Waals surface area contributed by atoms with E-state index >= 15 is 0 Å². The molecule has 0 aromatic carbocycles. The highest BCUT2D eigenvalue weighted by Crippen LogP contribution is 2.34. The lowest BCUT2D eigenvalue weighted by Crippen LogP contribution is -2.36. The normalized spacial score (nSPS) is 23.9. The summed E-state index contributed by atoms with van der Waals surface area (Å²) in [6.45, 7) is 3.59. The second-order valence-electron chi connectivity index (χ2n) is 7.54. The Bertz CT molecular complexity index is 712. The first-order valence-corrected chi connectivity index (χ1v) is 9.48. The number of ether oxygens (including phenoxy) is 2. The first-order chi connectivity index (χ1) is 12.4. The number of ketones is 1. The van der Waals surface area contributed by atoms with E-state index in [4.69, 9.17) is 9.47 Å². The van der Waals surface area contributed by atoms with Crippen molar-refractivity contribution in [3.05, 3.63) is 22.5 Å². The number of esters is 2. The van der Waals surface area contributed by atoms with Gasteiger partial charge >= 0.3 is 11.9 Å². The number of methoxy groups -OCH3 is 1. The predicted molar refractivity (Wildman–Crippen MR) is 95.1 cm³/mol. The number of aromatic amines is 1. The molecule has 0 unspecified atom stereocenters. The summed E-state index contributed by atoms with van der Waals surface area (Å²) >= 11 is 0. The van der Waals surface area contributed by atoms with Gasteiger partial charge in [-0.15, -0.1) is 0 Å². The van der Waals surface area contributed by atoms with E-state index in [1.165, 1.54) is 20.0 Å². The van der Waals surface area contributed by atoms with Crippen LogP contribution >= 0.6 is 0 Å².